The number of thiophene rings is 1. The van der Waals surface area contributed by atoms with Crippen LogP contribution in [-0.4, -0.2) is 22.8 Å². The fraction of sp³-hybridized carbons (Fsp3) is 0.696. The summed E-state index contributed by atoms with van der Waals surface area (Å²) >= 11 is 5.42. The third kappa shape index (κ3) is 3.50. The van der Waals surface area contributed by atoms with E-state index in [-0.39, 0.29) is 22.8 Å². The normalized spacial score (nSPS) is 36.1. The molecule has 4 fully saturated rings. The first kappa shape index (κ1) is 20.5. The highest BCUT2D eigenvalue weighted by Gasteiger charge is 2.60. The molecule has 7 heteroatoms. The highest BCUT2D eigenvalue weighted by Crippen LogP contribution is 2.64. The molecule has 0 spiro atoms. The standard InChI is InChI=1S/C23H27BrN2O3S/c1-13-2-3-16-17(10-25)20(30-18(16)4-13)26-19(27)11-29-21(28)22-6-14-5-15(7-22)9-23(24,8-14)12-22/h13-15H,2-9,11-12H2,1H3,(H,26,27)/t13-,14-,15+,22?,23?/m0/s1. The zero-order valence-electron chi connectivity index (χ0n) is 17.3. The molecule has 1 amide bonds. The third-order valence-corrected chi connectivity index (χ3v) is 9.73. The Bertz CT molecular complexity index is 935. The van der Waals surface area contributed by atoms with Crippen molar-refractivity contribution in [1.82, 2.24) is 0 Å². The summed E-state index contributed by atoms with van der Waals surface area (Å²) in [6.07, 6.45) is 9.05. The molecule has 1 aromatic rings. The van der Waals surface area contributed by atoms with Gasteiger partial charge in [-0.1, -0.05) is 22.9 Å². The van der Waals surface area contributed by atoms with Gasteiger partial charge in [0.15, 0.2) is 6.61 Å². The molecule has 0 aliphatic heterocycles. The third-order valence-electron chi connectivity index (χ3n) is 7.63. The Hall–Kier alpha value is -1.39. The minimum absolute atomic E-state index is 0.0766. The summed E-state index contributed by atoms with van der Waals surface area (Å²) in [4.78, 5) is 26.8. The van der Waals surface area contributed by atoms with Crippen molar-refractivity contribution in [3.8, 4) is 6.07 Å². The van der Waals surface area contributed by atoms with Gasteiger partial charge in [0, 0.05) is 9.20 Å². The summed E-state index contributed by atoms with van der Waals surface area (Å²) in [6.45, 7) is 1.93. The smallest absolute Gasteiger partial charge is 0.312 e. The summed E-state index contributed by atoms with van der Waals surface area (Å²) in [5.74, 6) is 1.21. The van der Waals surface area contributed by atoms with Gasteiger partial charge in [0.05, 0.1) is 11.0 Å². The number of fused-ring (bicyclic) bond motifs is 1. The number of carbonyl (C=O) groups is 2. The highest BCUT2D eigenvalue weighted by molar-refractivity contribution is 9.10. The van der Waals surface area contributed by atoms with Crippen LogP contribution < -0.4 is 5.32 Å². The molecule has 0 radical (unpaired) electrons. The molecule has 4 bridgehead atoms. The molecule has 2 unspecified atom stereocenters. The molecular weight excluding hydrogens is 464 g/mol. The van der Waals surface area contributed by atoms with E-state index in [0.29, 0.717) is 28.3 Å². The molecule has 0 aromatic carbocycles. The first-order valence-corrected chi connectivity index (χ1v) is 12.6. The number of esters is 1. The first-order valence-electron chi connectivity index (χ1n) is 11.0. The molecule has 160 valence electrons. The lowest BCUT2D eigenvalue weighted by molar-refractivity contribution is -0.170. The van der Waals surface area contributed by atoms with Crippen molar-refractivity contribution in [3.63, 3.8) is 0 Å². The van der Waals surface area contributed by atoms with Gasteiger partial charge < -0.3 is 10.1 Å². The summed E-state index contributed by atoms with van der Waals surface area (Å²) in [5, 5.41) is 13.0. The van der Waals surface area contributed by atoms with E-state index in [1.807, 2.05) is 0 Å². The summed E-state index contributed by atoms with van der Waals surface area (Å²) in [5.41, 5.74) is 1.25. The lowest BCUT2D eigenvalue weighted by Gasteiger charge is -2.58. The van der Waals surface area contributed by atoms with Crippen LogP contribution in [0.2, 0.25) is 0 Å². The Morgan fingerprint density at radius 3 is 2.70 bits per heavy atom. The van der Waals surface area contributed by atoms with E-state index in [1.54, 1.807) is 0 Å². The number of halogens is 1. The maximum atomic E-state index is 13.0. The van der Waals surface area contributed by atoms with Crippen molar-refractivity contribution in [2.45, 2.75) is 69.0 Å². The number of amides is 1. The Balaban J connectivity index is 1.23. The molecule has 5 atom stereocenters. The van der Waals surface area contributed by atoms with Gasteiger partial charge in [0.2, 0.25) is 0 Å². The van der Waals surface area contributed by atoms with Gasteiger partial charge in [-0.05, 0) is 81.1 Å². The number of nitriles is 1. The van der Waals surface area contributed by atoms with Gasteiger partial charge >= 0.3 is 5.97 Å². The average Bonchev–Trinajstić information content (AvgIpc) is 2.99. The fourth-order valence-electron chi connectivity index (χ4n) is 6.79. The number of hydrogen-bond acceptors (Lipinski definition) is 5. The van der Waals surface area contributed by atoms with E-state index in [4.69, 9.17) is 4.74 Å². The minimum Gasteiger partial charge on any atom is -0.455 e. The SMILES string of the molecule is C[C@H]1CCc2c(sc(NC(=O)COC(=O)C34C[C@@H]5C[C@@H](CC(Br)(C5)C3)C4)c2C#N)C1. The monoisotopic (exact) mass is 490 g/mol. The van der Waals surface area contributed by atoms with E-state index in [9.17, 15) is 14.9 Å². The van der Waals surface area contributed by atoms with Crippen molar-refractivity contribution in [2.75, 3.05) is 11.9 Å². The van der Waals surface area contributed by atoms with Crippen molar-refractivity contribution < 1.29 is 14.3 Å². The van der Waals surface area contributed by atoms with Gasteiger partial charge in [-0.3, -0.25) is 9.59 Å². The van der Waals surface area contributed by atoms with Crippen LogP contribution in [0.1, 0.15) is 67.9 Å². The molecule has 1 N–H and O–H groups in total. The topological polar surface area (TPSA) is 79.2 Å². The zero-order valence-corrected chi connectivity index (χ0v) is 19.7. The van der Waals surface area contributed by atoms with E-state index < -0.39 is 5.41 Å². The maximum Gasteiger partial charge on any atom is 0.312 e. The molecule has 30 heavy (non-hydrogen) atoms. The molecule has 1 heterocycles. The van der Waals surface area contributed by atoms with Crippen molar-refractivity contribution >= 4 is 44.1 Å². The number of nitrogens with one attached hydrogen (secondary N) is 1. The number of alkyl halides is 1. The molecule has 6 rings (SSSR count). The number of carbonyl (C=O) groups excluding carboxylic acids is 2. The Morgan fingerprint density at radius 1 is 1.30 bits per heavy atom. The minimum atomic E-state index is -0.427. The van der Waals surface area contributed by atoms with Gasteiger partial charge in [-0.15, -0.1) is 11.3 Å². The van der Waals surface area contributed by atoms with E-state index in [2.05, 4.69) is 34.2 Å². The molecule has 5 aliphatic carbocycles. The van der Waals surface area contributed by atoms with Crippen LogP contribution in [-0.2, 0) is 27.2 Å². The van der Waals surface area contributed by atoms with Gasteiger partial charge in [0.25, 0.3) is 5.91 Å². The first-order chi connectivity index (χ1) is 14.3. The van der Waals surface area contributed by atoms with Gasteiger partial charge in [0.1, 0.15) is 11.1 Å². The highest BCUT2D eigenvalue weighted by atomic mass is 79.9. The second-order valence-corrected chi connectivity index (χ2v) is 13.0. The van der Waals surface area contributed by atoms with Gasteiger partial charge in [-0.25, -0.2) is 0 Å². The Morgan fingerprint density at radius 2 is 2.03 bits per heavy atom. The largest absolute Gasteiger partial charge is 0.455 e. The summed E-state index contributed by atoms with van der Waals surface area (Å²) in [7, 11) is 0. The average molecular weight is 491 g/mol. The van der Waals surface area contributed by atoms with Crippen molar-refractivity contribution in [2.24, 2.45) is 23.2 Å². The van der Waals surface area contributed by atoms with Gasteiger partial charge in [-0.2, -0.15) is 5.26 Å². The predicted octanol–water partition coefficient (Wildman–Crippen LogP) is 4.96. The summed E-state index contributed by atoms with van der Waals surface area (Å²) in [6, 6.07) is 2.26. The quantitative estimate of drug-likeness (QED) is 0.477. The lowest BCUT2D eigenvalue weighted by Crippen LogP contribution is -2.56. The van der Waals surface area contributed by atoms with Crippen LogP contribution in [0, 0.1) is 34.5 Å². The van der Waals surface area contributed by atoms with Crippen molar-refractivity contribution in [1.29, 1.82) is 5.26 Å². The molecule has 5 aliphatic rings. The van der Waals surface area contributed by atoms with Crippen LogP contribution in [0.25, 0.3) is 0 Å². The number of nitrogens with zero attached hydrogens (tertiary/aromatic N) is 1. The van der Waals surface area contributed by atoms with E-state index >= 15 is 0 Å². The zero-order chi connectivity index (χ0) is 21.1. The van der Waals surface area contributed by atoms with Crippen molar-refractivity contribution in [3.05, 3.63) is 16.0 Å². The van der Waals surface area contributed by atoms with Crippen LogP contribution >= 0.6 is 27.3 Å². The Labute approximate surface area is 189 Å². The molecule has 4 saturated carbocycles. The predicted molar refractivity (Wildman–Crippen MR) is 119 cm³/mol. The molecule has 5 nitrogen and oxygen atoms in total. The second-order valence-electron chi connectivity index (χ2n) is 10.2. The van der Waals surface area contributed by atoms with Crippen LogP contribution in [0.5, 0.6) is 0 Å². The number of ether oxygens (including phenoxy) is 1. The fourth-order valence-corrected chi connectivity index (χ4v) is 9.62. The van der Waals surface area contributed by atoms with Crippen LogP contribution in [0.15, 0.2) is 0 Å². The number of hydrogen-bond donors (Lipinski definition) is 1. The van der Waals surface area contributed by atoms with E-state index in [1.165, 1.54) is 22.6 Å². The van der Waals surface area contributed by atoms with E-state index in [0.717, 1.165) is 56.9 Å². The number of anilines is 1. The second kappa shape index (κ2) is 7.34. The maximum absolute atomic E-state index is 13.0. The lowest BCUT2D eigenvalue weighted by atomic mass is 9.49. The van der Waals surface area contributed by atoms with Crippen LogP contribution in [0.4, 0.5) is 5.00 Å². The molecule has 1 aromatic heterocycles. The molecular formula is C23H27BrN2O3S. The number of rotatable bonds is 4. The molecule has 0 saturated heterocycles. The van der Waals surface area contributed by atoms with Crippen LogP contribution in [0.3, 0.4) is 0 Å². The Kier molecular flexibility index (Phi) is 5.02. The summed E-state index contributed by atoms with van der Waals surface area (Å²) < 4.78 is 5.63.